The summed E-state index contributed by atoms with van der Waals surface area (Å²) in [5, 5.41) is 0. The number of fused-ring (bicyclic) bond motifs is 1. The van der Waals surface area contributed by atoms with E-state index in [0.717, 1.165) is 5.56 Å². The van der Waals surface area contributed by atoms with E-state index in [2.05, 4.69) is 15.9 Å². The number of nitrogens with zero attached hydrogens (tertiary/aromatic N) is 2. The fourth-order valence-electron chi connectivity index (χ4n) is 4.31. The van der Waals surface area contributed by atoms with E-state index >= 15 is 0 Å². The van der Waals surface area contributed by atoms with E-state index in [4.69, 9.17) is 23.6 Å². The van der Waals surface area contributed by atoms with E-state index in [9.17, 15) is 9.59 Å². The second kappa shape index (κ2) is 10.8. The van der Waals surface area contributed by atoms with Gasteiger partial charge >= 0.3 is 5.97 Å². The number of carbonyl (C=O) groups is 1. The van der Waals surface area contributed by atoms with E-state index in [0.29, 0.717) is 42.5 Å². The molecule has 8 nitrogen and oxygen atoms in total. The lowest BCUT2D eigenvalue weighted by Crippen LogP contribution is -2.40. The molecule has 2 aromatic heterocycles. The summed E-state index contributed by atoms with van der Waals surface area (Å²) in [5.74, 6) is 0.947. The number of methoxy groups -OCH3 is 2. The Kier molecular flexibility index (Phi) is 7.35. The smallest absolute Gasteiger partial charge is 0.338 e. The zero-order valence-electron chi connectivity index (χ0n) is 20.8. The van der Waals surface area contributed by atoms with Gasteiger partial charge in [-0.1, -0.05) is 47.7 Å². The normalized spacial score (nSPS) is 15.2. The minimum Gasteiger partial charge on any atom is -0.493 e. The number of carbonyl (C=O) groups excluding carboxylic acids is 1. The largest absolute Gasteiger partial charge is 0.493 e. The van der Waals surface area contributed by atoms with Gasteiger partial charge in [0.25, 0.3) is 5.56 Å². The zero-order valence-corrected chi connectivity index (χ0v) is 23.2. The highest BCUT2D eigenvalue weighted by molar-refractivity contribution is 9.10. The standard InChI is InChI=1S/C28H23BrN2O6S/c1-4-36-27(33)23-24(16-8-6-5-7-9-16)30-28-31(25(23)17-10-12-19(34-2)20(14-17)35-3)26(32)21(38-28)15-18-11-13-22(29)37-18/h5-15,25H,4H2,1-3H3/b21-15-/t25-/m1/s1. The van der Waals surface area contributed by atoms with Crippen molar-refractivity contribution in [1.29, 1.82) is 0 Å². The highest BCUT2D eigenvalue weighted by Crippen LogP contribution is 2.38. The van der Waals surface area contributed by atoms with Crippen LogP contribution in [0.25, 0.3) is 11.8 Å². The minimum atomic E-state index is -0.828. The van der Waals surface area contributed by atoms with Crippen molar-refractivity contribution in [3.63, 3.8) is 0 Å². The molecule has 0 unspecified atom stereocenters. The Morgan fingerprint density at radius 3 is 2.53 bits per heavy atom. The van der Waals surface area contributed by atoms with E-state index in [1.165, 1.54) is 23.0 Å². The average Bonchev–Trinajstić information content (AvgIpc) is 3.49. The van der Waals surface area contributed by atoms with Gasteiger partial charge in [-0.25, -0.2) is 9.79 Å². The molecule has 1 aliphatic heterocycles. The van der Waals surface area contributed by atoms with E-state index in [-0.39, 0.29) is 17.7 Å². The molecule has 4 aromatic rings. The SMILES string of the molecule is CCOC(=O)C1=C(c2ccccc2)N=c2s/c(=C\c3ccc(Br)o3)c(=O)n2[C@@H]1c1ccc(OC)c(OC)c1. The van der Waals surface area contributed by atoms with E-state index in [1.54, 1.807) is 50.4 Å². The molecule has 0 amide bonds. The highest BCUT2D eigenvalue weighted by atomic mass is 79.9. The maximum Gasteiger partial charge on any atom is 0.338 e. The Bertz CT molecular complexity index is 1720. The van der Waals surface area contributed by atoms with E-state index < -0.39 is 12.0 Å². The van der Waals surface area contributed by atoms with Gasteiger partial charge in [-0.15, -0.1) is 0 Å². The number of furan rings is 1. The van der Waals surface area contributed by atoms with Gasteiger partial charge in [-0.05, 0) is 52.7 Å². The summed E-state index contributed by atoms with van der Waals surface area (Å²) in [4.78, 5) is 32.7. The first-order chi connectivity index (χ1) is 18.4. The van der Waals surface area contributed by atoms with Crippen molar-refractivity contribution in [2.75, 3.05) is 20.8 Å². The molecule has 10 heteroatoms. The Balaban J connectivity index is 1.85. The monoisotopic (exact) mass is 594 g/mol. The van der Waals surface area contributed by atoms with Crippen molar-refractivity contribution in [3.8, 4) is 11.5 Å². The Hall–Kier alpha value is -3.89. The third-order valence-corrected chi connectivity index (χ3v) is 7.37. The van der Waals surface area contributed by atoms with Gasteiger partial charge in [0, 0.05) is 11.6 Å². The molecule has 0 radical (unpaired) electrons. The average molecular weight is 595 g/mol. The molecule has 0 saturated carbocycles. The fourth-order valence-corrected chi connectivity index (χ4v) is 5.61. The van der Waals surface area contributed by atoms with Crippen LogP contribution < -0.4 is 24.4 Å². The van der Waals surface area contributed by atoms with Gasteiger partial charge in [0.05, 0.1) is 42.7 Å². The van der Waals surface area contributed by atoms with Crippen LogP contribution in [0, 0.1) is 0 Å². The molecule has 5 rings (SSSR count). The van der Waals surface area contributed by atoms with Crippen LogP contribution in [0.5, 0.6) is 11.5 Å². The first-order valence-electron chi connectivity index (χ1n) is 11.7. The second-order valence-electron chi connectivity index (χ2n) is 8.19. The first-order valence-corrected chi connectivity index (χ1v) is 13.3. The molecule has 0 aliphatic carbocycles. The molecule has 0 spiro atoms. The molecule has 1 atom stereocenters. The third kappa shape index (κ3) is 4.72. The van der Waals surface area contributed by atoms with Gasteiger partial charge in [0.2, 0.25) is 0 Å². The van der Waals surface area contributed by atoms with Crippen molar-refractivity contribution in [2.24, 2.45) is 4.99 Å². The molecule has 1 aliphatic rings. The molecule has 0 saturated heterocycles. The fraction of sp³-hybridized carbons (Fsp3) is 0.179. The van der Waals surface area contributed by atoms with E-state index in [1.807, 2.05) is 30.3 Å². The number of ether oxygens (including phenoxy) is 3. The number of hydrogen-bond donors (Lipinski definition) is 0. The Morgan fingerprint density at radius 1 is 1.11 bits per heavy atom. The number of thiazole rings is 1. The molecule has 38 heavy (non-hydrogen) atoms. The number of aromatic nitrogens is 1. The van der Waals surface area contributed by atoms with Crippen molar-refractivity contribution < 1.29 is 23.4 Å². The molecule has 0 N–H and O–H groups in total. The van der Waals surface area contributed by atoms with Crippen LogP contribution in [0.3, 0.4) is 0 Å². The number of halogens is 1. The molecule has 0 fully saturated rings. The predicted octanol–water partition coefficient (Wildman–Crippen LogP) is 4.31. The van der Waals surface area contributed by atoms with Crippen molar-refractivity contribution in [3.05, 3.63) is 107 Å². The van der Waals surface area contributed by atoms with Crippen LogP contribution in [0.2, 0.25) is 0 Å². The lowest BCUT2D eigenvalue weighted by Gasteiger charge is -2.26. The summed E-state index contributed by atoms with van der Waals surface area (Å²) >= 11 is 4.51. The molecular weight excluding hydrogens is 572 g/mol. The van der Waals surface area contributed by atoms with Gasteiger partial charge < -0.3 is 18.6 Å². The van der Waals surface area contributed by atoms with Crippen molar-refractivity contribution >= 4 is 45.0 Å². The molecular formula is C28H23BrN2O6S. The summed E-state index contributed by atoms with van der Waals surface area (Å²) in [6.45, 7) is 1.91. The lowest BCUT2D eigenvalue weighted by atomic mass is 9.93. The number of hydrogen-bond acceptors (Lipinski definition) is 8. The summed E-state index contributed by atoms with van der Waals surface area (Å²) in [6, 6.07) is 17.4. The van der Waals surface area contributed by atoms with Crippen LogP contribution in [0.4, 0.5) is 0 Å². The highest BCUT2D eigenvalue weighted by Gasteiger charge is 2.35. The molecule has 194 valence electrons. The summed E-state index contributed by atoms with van der Waals surface area (Å²) in [7, 11) is 3.08. The van der Waals surface area contributed by atoms with Crippen molar-refractivity contribution in [1.82, 2.24) is 4.57 Å². The Morgan fingerprint density at radius 2 is 1.87 bits per heavy atom. The zero-order chi connectivity index (χ0) is 26.8. The number of esters is 1. The molecule has 3 heterocycles. The maximum absolute atomic E-state index is 13.9. The summed E-state index contributed by atoms with van der Waals surface area (Å²) in [5.41, 5.74) is 1.76. The summed E-state index contributed by atoms with van der Waals surface area (Å²) < 4.78 is 24.5. The molecule has 2 aromatic carbocycles. The van der Waals surface area contributed by atoms with Crippen molar-refractivity contribution in [2.45, 2.75) is 13.0 Å². The van der Waals surface area contributed by atoms with Gasteiger partial charge in [0.1, 0.15) is 5.76 Å². The topological polar surface area (TPSA) is 92.3 Å². The number of benzene rings is 2. The number of rotatable bonds is 7. The van der Waals surface area contributed by atoms with Crippen LogP contribution >= 0.6 is 27.3 Å². The van der Waals surface area contributed by atoms with Gasteiger partial charge in [0.15, 0.2) is 21.0 Å². The van der Waals surface area contributed by atoms with Crippen LogP contribution in [0.1, 0.15) is 29.9 Å². The second-order valence-corrected chi connectivity index (χ2v) is 9.98. The summed E-state index contributed by atoms with van der Waals surface area (Å²) in [6.07, 6.45) is 1.66. The minimum absolute atomic E-state index is 0.168. The Labute approximate surface area is 230 Å². The third-order valence-electron chi connectivity index (χ3n) is 5.96. The van der Waals surface area contributed by atoms with Gasteiger partial charge in [-0.3, -0.25) is 9.36 Å². The van der Waals surface area contributed by atoms with Crippen LogP contribution in [-0.4, -0.2) is 31.4 Å². The van der Waals surface area contributed by atoms with Gasteiger partial charge in [-0.2, -0.15) is 0 Å². The van der Waals surface area contributed by atoms with Crippen LogP contribution in [0.15, 0.2) is 85.1 Å². The first kappa shape index (κ1) is 25.7. The maximum atomic E-state index is 13.9. The van der Waals surface area contributed by atoms with Crippen LogP contribution in [-0.2, 0) is 9.53 Å². The molecule has 0 bridgehead atoms. The lowest BCUT2D eigenvalue weighted by molar-refractivity contribution is -0.138. The quantitative estimate of drug-likeness (QED) is 0.296. The predicted molar refractivity (Wildman–Crippen MR) is 147 cm³/mol.